The Morgan fingerprint density at radius 2 is 1.88 bits per heavy atom. The van der Waals surface area contributed by atoms with Crippen LogP contribution in [0.4, 0.5) is 0 Å². The monoisotopic (exact) mass is 303 g/mol. The number of hydrogen-bond acceptors (Lipinski definition) is 4. The molecule has 1 rings (SSSR count). The summed E-state index contributed by atoms with van der Waals surface area (Å²) in [6.45, 7) is 2.30. The molecule has 1 aromatic rings. The van der Waals surface area contributed by atoms with Crippen molar-refractivity contribution in [2.45, 2.75) is 12.5 Å². The van der Waals surface area contributed by atoms with Gasteiger partial charge < -0.3 is 19.9 Å². The van der Waals surface area contributed by atoms with E-state index in [4.69, 9.17) is 19.9 Å². The number of nitrogens with two attached hydrogens (primary N) is 1. The van der Waals surface area contributed by atoms with Crippen LogP contribution in [-0.4, -0.2) is 27.9 Å². The second-order valence-electron chi connectivity index (χ2n) is 4.01. The molecule has 1 aromatic carbocycles. The molecule has 1 unspecified atom stereocenters. The number of benzene rings is 1. The molecule has 1 atom stereocenters. The van der Waals surface area contributed by atoms with Crippen LogP contribution >= 0.6 is 15.9 Å². The maximum Gasteiger partial charge on any atom is 0.141 e. The highest BCUT2D eigenvalue weighted by atomic mass is 79.9. The standard InChI is InChI=1S/C12H18BrNO3/c1-12(14,7-15-2)8-5-6-9(16-3)10(13)11(8)17-4/h5-6H,7,14H2,1-4H3. The van der Waals surface area contributed by atoms with Gasteiger partial charge in [0.1, 0.15) is 16.0 Å². The Labute approximate surface area is 110 Å². The predicted molar refractivity (Wildman–Crippen MR) is 70.7 cm³/mol. The van der Waals surface area contributed by atoms with Crippen molar-refractivity contribution < 1.29 is 14.2 Å². The molecule has 0 bridgehead atoms. The minimum Gasteiger partial charge on any atom is -0.495 e. The molecule has 0 aliphatic heterocycles. The lowest BCUT2D eigenvalue weighted by molar-refractivity contribution is 0.139. The smallest absolute Gasteiger partial charge is 0.141 e. The average molecular weight is 304 g/mol. The van der Waals surface area contributed by atoms with E-state index in [9.17, 15) is 0 Å². The van der Waals surface area contributed by atoms with Crippen LogP contribution in [0.5, 0.6) is 11.5 Å². The van der Waals surface area contributed by atoms with Gasteiger partial charge in [0.2, 0.25) is 0 Å². The van der Waals surface area contributed by atoms with E-state index < -0.39 is 5.54 Å². The zero-order valence-electron chi connectivity index (χ0n) is 10.5. The van der Waals surface area contributed by atoms with Crippen LogP contribution in [0.25, 0.3) is 0 Å². The molecule has 0 saturated carbocycles. The third-order valence-electron chi connectivity index (χ3n) is 2.55. The van der Waals surface area contributed by atoms with E-state index in [1.165, 1.54) is 0 Å². The van der Waals surface area contributed by atoms with E-state index in [1.54, 1.807) is 21.3 Å². The van der Waals surface area contributed by atoms with Crippen molar-refractivity contribution in [2.24, 2.45) is 5.73 Å². The Kier molecular flexibility index (Phi) is 4.80. The van der Waals surface area contributed by atoms with Gasteiger partial charge in [-0.15, -0.1) is 0 Å². The van der Waals surface area contributed by atoms with Crippen molar-refractivity contribution in [3.05, 3.63) is 22.2 Å². The highest BCUT2D eigenvalue weighted by Crippen LogP contribution is 2.40. The summed E-state index contributed by atoms with van der Waals surface area (Å²) in [5.41, 5.74) is 6.47. The SMILES string of the molecule is COCC(C)(N)c1ccc(OC)c(Br)c1OC. The summed E-state index contributed by atoms with van der Waals surface area (Å²) < 4.78 is 16.5. The van der Waals surface area contributed by atoms with Crippen LogP contribution in [-0.2, 0) is 10.3 Å². The topological polar surface area (TPSA) is 53.7 Å². The average Bonchev–Trinajstić information content (AvgIpc) is 2.28. The summed E-state index contributed by atoms with van der Waals surface area (Å²) in [5.74, 6) is 1.38. The minimum absolute atomic E-state index is 0.405. The lowest BCUT2D eigenvalue weighted by Gasteiger charge is -2.27. The van der Waals surface area contributed by atoms with Crippen LogP contribution < -0.4 is 15.2 Å². The van der Waals surface area contributed by atoms with Crippen molar-refractivity contribution in [3.63, 3.8) is 0 Å². The van der Waals surface area contributed by atoms with E-state index in [2.05, 4.69) is 15.9 Å². The number of ether oxygens (including phenoxy) is 3. The van der Waals surface area contributed by atoms with E-state index in [0.29, 0.717) is 18.1 Å². The second kappa shape index (κ2) is 5.71. The van der Waals surface area contributed by atoms with Gasteiger partial charge in [-0.3, -0.25) is 0 Å². The van der Waals surface area contributed by atoms with E-state index in [0.717, 1.165) is 10.0 Å². The number of rotatable bonds is 5. The molecular weight excluding hydrogens is 286 g/mol. The first-order valence-corrected chi connectivity index (χ1v) is 5.96. The lowest BCUT2D eigenvalue weighted by atomic mass is 9.93. The van der Waals surface area contributed by atoms with Crippen LogP contribution in [0.15, 0.2) is 16.6 Å². The first kappa shape index (κ1) is 14.3. The molecule has 0 heterocycles. The molecule has 17 heavy (non-hydrogen) atoms. The van der Waals surface area contributed by atoms with Crippen molar-refractivity contribution in [1.29, 1.82) is 0 Å². The quantitative estimate of drug-likeness (QED) is 0.907. The minimum atomic E-state index is -0.616. The molecule has 0 aromatic heterocycles. The Morgan fingerprint density at radius 1 is 1.24 bits per heavy atom. The third-order valence-corrected chi connectivity index (χ3v) is 3.30. The second-order valence-corrected chi connectivity index (χ2v) is 4.81. The van der Waals surface area contributed by atoms with E-state index >= 15 is 0 Å². The molecule has 96 valence electrons. The van der Waals surface area contributed by atoms with Crippen LogP contribution in [0.2, 0.25) is 0 Å². The summed E-state index contributed by atoms with van der Waals surface area (Å²) in [4.78, 5) is 0. The van der Waals surface area contributed by atoms with Crippen LogP contribution in [0.1, 0.15) is 12.5 Å². The van der Waals surface area contributed by atoms with Crippen molar-refractivity contribution in [3.8, 4) is 11.5 Å². The zero-order chi connectivity index (χ0) is 13.1. The fourth-order valence-electron chi connectivity index (χ4n) is 1.72. The van der Waals surface area contributed by atoms with Crippen molar-refractivity contribution >= 4 is 15.9 Å². The summed E-state index contributed by atoms with van der Waals surface area (Å²) in [7, 11) is 4.83. The molecular formula is C12H18BrNO3. The zero-order valence-corrected chi connectivity index (χ0v) is 12.1. The molecule has 2 N–H and O–H groups in total. The molecule has 0 radical (unpaired) electrons. The van der Waals surface area contributed by atoms with Gasteiger partial charge in [-0.1, -0.05) is 0 Å². The highest BCUT2D eigenvalue weighted by molar-refractivity contribution is 9.10. The predicted octanol–water partition coefficient (Wildman–Crippen LogP) is 2.29. The third kappa shape index (κ3) is 2.91. The summed E-state index contributed by atoms with van der Waals surface area (Å²) in [6.07, 6.45) is 0. The largest absolute Gasteiger partial charge is 0.495 e. The lowest BCUT2D eigenvalue weighted by Crippen LogP contribution is -2.38. The maximum absolute atomic E-state index is 6.22. The molecule has 5 heteroatoms. The molecule has 0 fully saturated rings. The Balaban J connectivity index is 3.30. The van der Waals surface area contributed by atoms with Crippen molar-refractivity contribution in [2.75, 3.05) is 27.9 Å². The number of methoxy groups -OCH3 is 3. The first-order valence-electron chi connectivity index (χ1n) is 5.16. The molecule has 0 spiro atoms. The van der Waals surface area contributed by atoms with Gasteiger partial charge in [0.15, 0.2) is 0 Å². The normalized spacial score (nSPS) is 14.2. The van der Waals surface area contributed by atoms with Crippen LogP contribution in [0.3, 0.4) is 0 Å². The van der Waals surface area contributed by atoms with E-state index in [1.807, 2.05) is 19.1 Å². The first-order chi connectivity index (χ1) is 7.97. The summed E-state index contributed by atoms with van der Waals surface area (Å²) in [6, 6.07) is 3.74. The molecule has 0 aliphatic carbocycles. The summed E-state index contributed by atoms with van der Waals surface area (Å²) in [5, 5.41) is 0. The van der Waals surface area contributed by atoms with Gasteiger partial charge in [0, 0.05) is 12.7 Å². The van der Waals surface area contributed by atoms with Crippen LogP contribution in [0, 0.1) is 0 Å². The fourth-order valence-corrected chi connectivity index (χ4v) is 2.39. The molecule has 0 aliphatic rings. The Bertz CT molecular complexity index is 394. The molecule has 4 nitrogen and oxygen atoms in total. The van der Waals surface area contributed by atoms with Gasteiger partial charge in [0.25, 0.3) is 0 Å². The number of halogens is 1. The highest BCUT2D eigenvalue weighted by Gasteiger charge is 2.27. The Hall–Kier alpha value is -0.780. The fraction of sp³-hybridized carbons (Fsp3) is 0.500. The van der Waals surface area contributed by atoms with Gasteiger partial charge in [0.05, 0.1) is 26.4 Å². The summed E-state index contributed by atoms with van der Waals surface area (Å²) >= 11 is 3.45. The molecule has 0 saturated heterocycles. The Morgan fingerprint density at radius 3 is 2.35 bits per heavy atom. The molecule has 0 amide bonds. The van der Waals surface area contributed by atoms with E-state index in [-0.39, 0.29) is 0 Å². The van der Waals surface area contributed by atoms with Gasteiger partial charge in [-0.05, 0) is 35.0 Å². The van der Waals surface area contributed by atoms with Gasteiger partial charge in [-0.25, -0.2) is 0 Å². The van der Waals surface area contributed by atoms with Gasteiger partial charge >= 0.3 is 0 Å². The number of hydrogen-bond donors (Lipinski definition) is 1. The van der Waals surface area contributed by atoms with Crippen molar-refractivity contribution in [1.82, 2.24) is 0 Å². The maximum atomic E-state index is 6.22. The van der Waals surface area contributed by atoms with Gasteiger partial charge in [-0.2, -0.15) is 0 Å².